The van der Waals surface area contributed by atoms with E-state index in [1.807, 2.05) is 27.0 Å². The molecule has 0 aromatic heterocycles. The number of carboxylic acids is 1. The van der Waals surface area contributed by atoms with Crippen molar-refractivity contribution < 1.29 is 24.3 Å². The third-order valence-electron chi connectivity index (χ3n) is 6.12. The van der Waals surface area contributed by atoms with Crippen LogP contribution in [0.15, 0.2) is 4.99 Å². The fourth-order valence-corrected chi connectivity index (χ4v) is 3.80. The van der Waals surface area contributed by atoms with E-state index in [0.29, 0.717) is 31.4 Å². The van der Waals surface area contributed by atoms with Gasteiger partial charge in [-0.1, -0.05) is 40.5 Å². The first-order valence-electron chi connectivity index (χ1n) is 12.3. The Labute approximate surface area is 218 Å². The highest BCUT2D eigenvalue weighted by Crippen LogP contribution is 2.12. The Morgan fingerprint density at radius 3 is 1.94 bits per heavy atom. The third kappa shape index (κ3) is 12.4. The van der Waals surface area contributed by atoms with Gasteiger partial charge in [0.25, 0.3) is 0 Å². The van der Waals surface area contributed by atoms with E-state index in [1.165, 1.54) is 0 Å². The van der Waals surface area contributed by atoms with E-state index in [0.717, 1.165) is 0 Å². The van der Waals surface area contributed by atoms with Crippen molar-refractivity contribution in [2.75, 3.05) is 18.6 Å². The molecule has 6 unspecified atom stereocenters. The van der Waals surface area contributed by atoms with E-state index in [9.17, 15) is 24.3 Å². The van der Waals surface area contributed by atoms with Gasteiger partial charge in [-0.05, 0) is 43.1 Å². The van der Waals surface area contributed by atoms with Crippen LogP contribution in [0.1, 0.15) is 59.8 Å². The van der Waals surface area contributed by atoms with Crippen molar-refractivity contribution >= 4 is 41.4 Å². The van der Waals surface area contributed by atoms with Gasteiger partial charge in [0.1, 0.15) is 18.1 Å². The van der Waals surface area contributed by atoms with E-state index in [4.69, 9.17) is 17.2 Å². The van der Waals surface area contributed by atoms with Crippen molar-refractivity contribution in [1.82, 2.24) is 16.0 Å². The minimum atomic E-state index is -1.16. The lowest BCUT2D eigenvalue weighted by Crippen LogP contribution is -2.59. The summed E-state index contributed by atoms with van der Waals surface area (Å²) in [6.45, 7) is 7.47. The van der Waals surface area contributed by atoms with Gasteiger partial charge in [0.2, 0.25) is 17.7 Å². The van der Waals surface area contributed by atoms with E-state index in [1.54, 1.807) is 18.7 Å². The van der Waals surface area contributed by atoms with Crippen LogP contribution in [-0.2, 0) is 19.2 Å². The Bertz CT molecular complexity index is 748. The van der Waals surface area contributed by atoms with Gasteiger partial charge in [-0.15, -0.1) is 0 Å². The summed E-state index contributed by atoms with van der Waals surface area (Å²) in [5, 5.41) is 17.5. The average Bonchev–Trinajstić information content (AvgIpc) is 2.84. The maximum absolute atomic E-state index is 13.2. The number of nitrogens with zero attached hydrogens (tertiary/aromatic N) is 1. The van der Waals surface area contributed by atoms with Crippen molar-refractivity contribution in [1.29, 1.82) is 0 Å². The standard InChI is InChI=1S/C23H45N7O5S/c1-6-13(3)17(29-19(31)15(24)10-12-36-5)21(33)28-16(9-8-11-27-23(25)26)20(32)30-18(22(34)35)14(4)7-2/h13-18H,6-12,24H2,1-5H3,(H,28,33)(H,29,31)(H,30,32)(H,34,35)(H4,25,26,27). The second kappa shape index (κ2) is 17.8. The van der Waals surface area contributed by atoms with E-state index < -0.39 is 47.9 Å². The maximum atomic E-state index is 13.2. The molecule has 13 heteroatoms. The highest BCUT2D eigenvalue weighted by Gasteiger charge is 2.33. The van der Waals surface area contributed by atoms with Crippen molar-refractivity contribution in [3.05, 3.63) is 0 Å². The Morgan fingerprint density at radius 1 is 0.889 bits per heavy atom. The number of carbonyl (C=O) groups excluding carboxylic acids is 3. The molecule has 0 spiro atoms. The third-order valence-corrected chi connectivity index (χ3v) is 6.76. The largest absolute Gasteiger partial charge is 0.480 e. The van der Waals surface area contributed by atoms with Crippen molar-refractivity contribution in [3.8, 4) is 0 Å². The lowest BCUT2D eigenvalue weighted by Gasteiger charge is -2.28. The maximum Gasteiger partial charge on any atom is 0.326 e. The molecule has 0 heterocycles. The molecule has 0 fully saturated rings. The fourth-order valence-electron chi connectivity index (χ4n) is 3.31. The molecule has 10 N–H and O–H groups in total. The van der Waals surface area contributed by atoms with Crippen LogP contribution in [0.2, 0.25) is 0 Å². The molecule has 0 rings (SSSR count). The van der Waals surface area contributed by atoms with Gasteiger partial charge in [-0.2, -0.15) is 11.8 Å². The smallest absolute Gasteiger partial charge is 0.326 e. The Balaban J connectivity index is 5.69. The molecule has 0 aromatic rings. The van der Waals surface area contributed by atoms with E-state index >= 15 is 0 Å². The molecule has 0 saturated carbocycles. The molecule has 36 heavy (non-hydrogen) atoms. The highest BCUT2D eigenvalue weighted by atomic mass is 32.2. The van der Waals surface area contributed by atoms with Gasteiger partial charge in [-0.25, -0.2) is 4.79 Å². The lowest BCUT2D eigenvalue weighted by atomic mass is 9.96. The SMILES string of the molecule is CCC(C)C(NC(=O)C(CCCN=C(N)N)NC(=O)C(NC(=O)C(N)CCSC)C(C)CC)C(=O)O. The van der Waals surface area contributed by atoms with Gasteiger partial charge in [-0.3, -0.25) is 19.4 Å². The zero-order valence-electron chi connectivity index (χ0n) is 22.1. The van der Waals surface area contributed by atoms with Gasteiger partial charge in [0.15, 0.2) is 5.96 Å². The molecule has 0 saturated heterocycles. The van der Waals surface area contributed by atoms with Gasteiger partial charge < -0.3 is 38.3 Å². The van der Waals surface area contributed by atoms with E-state index in [2.05, 4.69) is 20.9 Å². The van der Waals surface area contributed by atoms with Crippen LogP contribution in [0.3, 0.4) is 0 Å². The van der Waals surface area contributed by atoms with Crippen molar-refractivity contribution in [2.24, 2.45) is 34.0 Å². The normalized spacial score (nSPS) is 15.9. The summed E-state index contributed by atoms with van der Waals surface area (Å²) in [7, 11) is 0. The second-order valence-corrected chi connectivity index (χ2v) is 9.97. The number of amides is 3. The second-order valence-electron chi connectivity index (χ2n) is 8.98. The van der Waals surface area contributed by atoms with Crippen LogP contribution in [0.5, 0.6) is 0 Å². The first-order valence-corrected chi connectivity index (χ1v) is 13.7. The van der Waals surface area contributed by atoms with Crippen LogP contribution in [0, 0.1) is 11.8 Å². The molecule has 0 aliphatic rings. The summed E-state index contributed by atoms with van der Waals surface area (Å²) in [5.41, 5.74) is 16.7. The molecule has 6 atom stereocenters. The molecular formula is C23H45N7O5S. The predicted octanol–water partition coefficient (Wildman–Crippen LogP) is -0.248. The van der Waals surface area contributed by atoms with Gasteiger partial charge >= 0.3 is 5.97 Å². The van der Waals surface area contributed by atoms with Crippen LogP contribution in [0.25, 0.3) is 0 Å². The Kier molecular flexibility index (Phi) is 16.6. The Hall–Kier alpha value is -2.54. The molecule has 0 aliphatic carbocycles. The summed E-state index contributed by atoms with van der Waals surface area (Å²) in [6.07, 6.45) is 4.03. The first-order chi connectivity index (χ1) is 16.9. The molecular weight excluding hydrogens is 486 g/mol. The lowest BCUT2D eigenvalue weighted by molar-refractivity contribution is -0.144. The van der Waals surface area contributed by atoms with Crippen LogP contribution >= 0.6 is 11.8 Å². The summed E-state index contributed by atoms with van der Waals surface area (Å²) < 4.78 is 0. The monoisotopic (exact) mass is 531 g/mol. The van der Waals surface area contributed by atoms with Gasteiger partial charge in [0, 0.05) is 6.54 Å². The van der Waals surface area contributed by atoms with Crippen molar-refractivity contribution in [2.45, 2.75) is 84.0 Å². The Morgan fingerprint density at radius 2 is 1.44 bits per heavy atom. The highest BCUT2D eigenvalue weighted by molar-refractivity contribution is 7.98. The van der Waals surface area contributed by atoms with Gasteiger partial charge in [0.05, 0.1) is 6.04 Å². The van der Waals surface area contributed by atoms with Crippen LogP contribution in [0.4, 0.5) is 0 Å². The molecule has 0 aliphatic heterocycles. The topological polar surface area (TPSA) is 215 Å². The summed E-state index contributed by atoms with van der Waals surface area (Å²) in [4.78, 5) is 54.5. The number of carboxylic acid groups (broad SMARTS) is 1. The number of nitrogens with one attached hydrogen (secondary N) is 3. The number of nitrogens with two attached hydrogens (primary N) is 3. The zero-order valence-corrected chi connectivity index (χ0v) is 22.9. The molecule has 0 aromatic carbocycles. The summed E-state index contributed by atoms with van der Waals surface area (Å²) in [5.74, 6) is -2.74. The number of carbonyl (C=O) groups is 4. The molecule has 3 amide bonds. The number of guanidine groups is 1. The molecule has 208 valence electrons. The molecule has 12 nitrogen and oxygen atoms in total. The number of aliphatic imine (C=N–C) groups is 1. The number of hydrogen-bond acceptors (Lipinski definition) is 7. The predicted molar refractivity (Wildman–Crippen MR) is 143 cm³/mol. The van der Waals surface area contributed by atoms with E-state index in [-0.39, 0.29) is 30.8 Å². The minimum absolute atomic E-state index is 0.0971. The zero-order chi connectivity index (χ0) is 27.8. The number of hydrogen-bond donors (Lipinski definition) is 7. The number of aliphatic carboxylic acids is 1. The molecule has 0 bridgehead atoms. The first kappa shape index (κ1) is 33.5. The van der Waals surface area contributed by atoms with Crippen LogP contribution < -0.4 is 33.2 Å². The average molecular weight is 532 g/mol. The molecule has 0 radical (unpaired) electrons. The minimum Gasteiger partial charge on any atom is -0.480 e. The summed E-state index contributed by atoms with van der Waals surface area (Å²) in [6, 6.07) is -3.84. The number of thioether (sulfide) groups is 1. The quantitative estimate of drug-likeness (QED) is 0.0704. The summed E-state index contributed by atoms with van der Waals surface area (Å²) >= 11 is 1.57. The fraction of sp³-hybridized carbons (Fsp3) is 0.783. The van der Waals surface area contributed by atoms with Crippen LogP contribution in [-0.4, -0.2) is 77.5 Å². The number of rotatable bonds is 18. The van der Waals surface area contributed by atoms with Crippen molar-refractivity contribution in [3.63, 3.8) is 0 Å².